The zero-order valence-electron chi connectivity index (χ0n) is 6.27. The molecule has 0 N–H and O–H groups in total. The molecule has 0 aliphatic rings. The SMILES string of the molecule is CN(C)c1ccc([N+](=O)[O-])s1. The van der Waals surface area contributed by atoms with Gasteiger partial charge in [0.15, 0.2) is 0 Å². The van der Waals surface area contributed by atoms with E-state index in [1.54, 1.807) is 6.07 Å². The summed E-state index contributed by atoms with van der Waals surface area (Å²) in [5.41, 5.74) is 0. The minimum absolute atomic E-state index is 0.189. The molecule has 0 spiro atoms. The fourth-order valence-electron chi connectivity index (χ4n) is 0.656. The van der Waals surface area contributed by atoms with E-state index in [0.717, 1.165) is 5.00 Å². The minimum Gasteiger partial charge on any atom is -0.369 e. The second-order valence-electron chi connectivity index (χ2n) is 2.26. The van der Waals surface area contributed by atoms with E-state index in [1.165, 1.54) is 17.4 Å². The fourth-order valence-corrected chi connectivity index (χ4v) is 1.40. The molecule has 1 rings (SSSR count). The Kier molecular flexibility index (Phi) is 2.09. The first-order valence-corrected chi connectivity index (χ1v) is 3.84. The average molecular weight is 172 g/mol. The quantitative estimate of drug-likeness (QED) is 0.504. The molecule has 4 nitrogen and oxygen atoms in total. The van der Waals surface area contributed by atoms with Gasteiger partial charge in [0.1, 0.15) is 0 Å². The van der Waals surface area contributed by atoms with Crippen LogP contribution in [-0.4, -0.2) is 19.0 Å². The molecular weight excluding hydrogens is 164 g/mol. The molecule has 0 saturated carbocycles. The second-order valence-corrected chi connectivity index (χ2v) is 3.30. The third-order valence-electron chi connectivity index (χ3n) is 1.20. The van der Waals surface area contributed by atoms with E-state index in [1.807, 2.05) is 19.0 Å². The van der Waals surface area contributed by atoms with Gasteiger partial charge in [-0.25, -0.2) is 0 Å². The molecule has 1 aromatic rings. The largest absolute Gasteiger partial charge is 0.369 e. The highest BCUT2D eigenvalue weighted by Gasteiger charge is 2.09. The summed E-state index contributed by atoms with van der Waals surface area (Å²) in [4.78, 5) is 11.7. The Morgan fingerprint density at radius 3 is 2.45 bits per heavy atom. The van der Waals surface area contributed by atoms with E-state index >= 15 is 0 Å². The summed E-state index contributed by atoms with van der Waals surface area (Å²) in [7, 11) is 3.71. The van der Waals surface area contributed by atoms with Crippen LogP contribution < -0.4 is 4.90 Å². The molecule has 0 bridgehead atoms. The van der Waals surface area contributed by atoms with Crippen LogP contribution in [0.1, 0.15) is 0 Å². The maximum Gasteiger partial charge on any atom is 0.326 e. The normalized spacial score (nSPS) is 9.64. The Bertz CT molecular complexity index is 269. The number of nitro groups is 1. The van der Waals surface area contributed by atoms with Crippen molar-refractivity contribution in [3.8, 4) is 0 Å². The van der Waals surface area contributed by atoms with E-state index in [-0.39, 0.29) is 9.92 Å². The lowest BCUT2D eigenvalue weighted by atomic mass is 10.6. The molecule has 11 heavy (non-hydrogen) atoms. The van der Waals surface area contributed by atoms with Crippen molar-refractivity contribution in [2.45, 2.75) is 0 Å². The zero-order valence-corrected chi connectivity index (χ0v) is 7.09. The number of rotatable bonds is 2. The van der Waals surface area contributed by atoms with Crippen molar-refractivity contribution in [3.05, 3.63) is 22.2 Å². The average Bonchev–Trinajstić information content (AvgIpc) is 2.33. The van der Waals surface area contributed by atoms with Crippen LogP contribution in [0.4, 0.5) is 10.0 Å². The number of anilines is 1. The van der Waals surface area contributed by atoms with Crippen molar-refractivity contribution in [1.82, 2.24) is 0 Å². The topological polar surface area (TPSA) is 46.4 Å². The van der Waals surface area contributed by atoms with Crippen molar-refractivity contribution in [1.29, 1.82) is 0 Å². The highest BCUT2D eigenvalue weighted by molar-refractivity contribution is 7.19. The highest BCUT2D eigenvalue weighted by atomic mass is 32.1. The Balaban J connectivity index is 2.90. The van der Waals surface area contributed by atoms with Gasteiger partial charge in [0.25, 0.3) is 0 Å². The molecule has 0 amide bonds. The summed E-state index contributed by atoms with van der Waals surface area (Å²) in [5, 5.41) is 11.3. The molecule has 0 radical (unpaired) electrons. The highest BCUT2D eigenvalue weighted by Crippen LogP contribution is 2.29. The summed E-state index contributed by atoms with van der Waals surface area (Å²) < 4.78 is 0. The predicted molar refractivity (Wildman–Crippen MR) is 45.3 cm³/mol. The van der Waals surface area contributed by atoms with Crippen LogP contribution in [0.5, 0.6) is 0 Å². The molecule has 0 aliphatic heterocycles. The van der Waals surface area contributed by atoms with E-state index < -0.39 is 0 Å². The lowest BCUT2D eigenvalue weighted by Gasteiger charge is -2.05. The standard InChI is InChI=1S/C6H8N2O2S/c1-7(2)5-3-4-6(11-5)8(9)10/h3-4H,1-2H3. The third-order valence-corrected chi connectivity index (χ3v) is 2.40. The summed E-state index contributed by atoms with van der Waals surface area (Å²) in [5.74, 6) is 0. The van der Waals surface area contributed by atoms with E-state index in [9.17, 15) is 10.1 Å². The number of thiophene rings is 1. The van der Waals surface area contributed by atoms with Crippen LogP contribution >= 0.6 is 11.3 Å². The Labute approximate surface area is 68.2 Å². The molecule has 1 aromatic heterocycles. The van der Waals surface area contributed by atoms with Crippen LogP contribution in [0.15, 0.2) is 12.1 Å². The van der Waals surface area contributed by atoms with Crippen LogP contribution in [0, 0.1) is 10.1 Å². The first kappa shape index (κ1) is 8.00. The van der Waals surface area contributed by atoms with Crippen molar-refractivity contribution >= 4 is 21.3 Å². The van der Waals surface area contributed by atoms with Crippen LogP contribution in [0.25, 0.3) is 0 Å². The van der Waals surface area contributed by atoms with E-state index in [4.69, 9.17) is 0 Å². The van der Waals surface area contributed by atoms with Crippen LogP contribution in [0.2, 0.25) is 0 Å². The molecule has 5 heteroatoms. The Hall–Kier alpha value is -1.10. The second kappa shape index (κ2) is 2.87. The van der Waals surface area contributed by atoms with Crippen LogP contribution in [0.3, 0.4) is 0 Å². The Morgan fingerprint density at radius 2 is 2.18 bits per heavy atom. The smallest absolute Gasteiger partial charge is 0.326 e. The molecule has 0 aliphatic carbocycles. The van der Waals surface area contributed by atoms with Crippen molar-refractivity contribution in [3.63, 3.8) is 0 Å². The van der Waals surface area contributed by atoms with Gasteiger partial charge in [-0.1, -0.05) is 0 Å². The lowest BCUT2D eigenvalue weighted by molar-refractivity contribution is -0.380. The molecular formula is C6H8N2O2S. The van der Waals surface area contributed by atoms with Gasteiger partial charge < -0.3 is 4.90 Å². The predicted octanol–water partition coefficient (Wildman–Crippen LogP) is 1.72. The van der Waals surface area contributed by atoms with Gasteiger partial charge in [0, 0.05) is 20.2 Å². The van der Waals surface area contributed by atoms with Gasteiger partial charge in [-0.05, 0) is 17.4 Å². The van der Waals surface area contributed by atoms with Crippen LogP contribution in [-0.2, 0) is 0 Å². The maximum absolute atomic E-state index is 10.2. The monoisotopic (exact) mass is 172 g/mol. The van der Waals surface area contributed by atoms with E-state index in [0.29, 0.717) is 0 Å². The fraction of sp³-hybridized carbons (Fsp3) is 0.333. The summed E-state index contributed by atoms with van der Waals surface area (Å²) in [6, 6.07) is 3.25. The lowest BCUT2D eigenvalue weighted by Crippen LogP contribution is -2.05. The number of hydrogen-bond donors (Lipinski definition) is 0. The molecule has 0 saturated heterocycles. The third kappa shape index (κ3) is 1.68. The first-order chi connectivity index (χ1) is 5.11. The van der Waals surface area contributed by atoms with Gasteiger partial charge in [-0.2, -0.15) is 0 Å². The number of nitrogens with zero attached hydrogens (tertiary/aromatic N) is 2. The summed E-state index contributed by atoms with van der Waals surface area (Å²) >= 11 is 1.18. The Morgan fingerprint density at radius 1 is 1.55 bits per heavy atom. The maximum atomic E-state index is 10.2. The van der Waals surface area contributed by atoms with Crippen molar-refractivity contribution in [2.75, 3.05) is 19.0 Å². The van der Waals surface area contributed by atoms with E-state index in [2.05, 4.69) is 0 Å². The van der Waals surface area contributed by atoms with Gasteiger partial charge in [-0.15, -0.1) is 0 Å². The molecule has 0 aromatic carbocycles. The minimum atomic E-state index is -0.377. The van der Waals surface area contributed by atoms with Gasteiger partial charge in [-0.3, -0.25) is 10.1 Å². The van der Waals surface area contributed by atoms with Gasteiger partial charge in [0.2, 0.25) is 0 Å². The molecule has 0 fully saturated rings. The van der Waals surface area contributed by atoms with Crippen molar-refractivity contribution in [2.24, 2.45) is 0 Å². The van der Waals surface area contributed by atoms with Gasteiger partial charge >= 0.3 is 5.00 Å². The zero-order chi connectivity index (χ0) is 8.43. The first-order valence-electron chi connectivity index (χ1n) is 3.03. The molecule has 0 atom stereocenters. The molecule has 60 valence electrons. The number of hydrogen-bond acceptors (Lipinski definition) is 4. The molecule has 1 heterocycles. The van der Waals surface area contributed by atoms with Crippen molar-refractivity contribution < 1.29 is 4.92 Å². The molecule has 0 unspecified atom stereocenters. The van der Waals surface area contributed by atoms with Gasteiger partial charge in [0.05, 0.1) is 9.92 Å². The summed E-state index contributed by atoms with van der Waals surface area (Å²) in [6.07, 6.45) is 0. The summed E-state index contributed by atoms with van der Waals surface area (Å²) in [6.45, 7) is 0.